The summed E-state index contributed by atoms with van der Waals surface area (Å²) in [6, 6.07) is 0. The number of methoxy groups -OCH3 is 1. The van der Waals surface area contributed by atoms with Crippen LogP contribution in [0, 0.1) is 0 Å². The van der Waals surface area contributed by atoms with Gasteiger partial charge >= 0.3 is 0 Å². The molecule has 0 aromatic heterocycles. The van der Waals surface area contributed by atoms with Crippen molar-refractivity contribution in [1.82, 2.24) is 4.90 Å². The van der Waals surface area contributed by atoms with Gasteiger partial charge in [0.2, 0.25) is 5.91 Å². The maximum atomic E-state index is 12.1. The molecule has 0 heterocycles. The number of amides is 1. The number of ether oxygens (including phenoxy) is 1. The normalized spacial score (nSPS) is 13.7. The molecule has 0 aromatic carbocycles. The molecule has 0 aliphatic rings. The van der Waals surface area contributed by atoms with Crippen LogP contribution in [0.15, 0.2) is 12.2 Å². The molecule has 26 heavy (non-hydrogen) atoms. The van der Waals surface area contributed by atoms with Crippen molar-refractivity contribution >= 4 is 23.3 Å². The van der Waals surface area contributed by atoms with Crippen LogP contribution in [0.25, 0.3) is 0 Å². The zero-order valence-corrected chi connectivity index (χ0v) is 17.9. The van der Waals surface area contributed by atoms with Crippen LogP contribution in [0.1, 0.15) is 78.1 Å². The van der Waals surface area contributed by atoms with E-state index in [9.17, 15) is 9.59 Å². The average Bonchev–Trinajstić information content (AvgIpc) is 2.58. The maximum absolute atomic E-state index is 12.1. The Kier molecular flexibility index (Phi) is 15.8. The van der Waals surface area contributed by atoms with Crippen molar-refractivity contribution in [2.45, 2.75) is 89.5 Å². The van der Waals surface area contributed by atoms with Gasteiger partial charge in [-0.25, -0.2) is 0 Å². The van der Waals surface area contributed by atoms with Gasteiger partial charge in [-0.15, -0.1) is 11.6 Å². The molecule has 0 aromatic rings. The van der Waals surface area contributed by atoms with E-state index in [1.165, 1.54) is 39.0 Å². The Labute approximate surface area is 165 Å². The van der Waals surface area contributed by atoms with Gasteiger partial charge < -0.3 is 9.64 Å². The van der Waals surface area contributed by atoms with Crippen molar-refractivity contribution in [3.05, 3.63) is 12.2 Å². The minimum atomic E-state index is -0.309. The lowest BCUT2D eigenvalue weighted by atomic mass is 10.1. The van der Waals surface area contributed by atoms with E-state index in [1.807, 2.05) is 0 Å². The van der Waals surface area contributed by atoms with Crippen molar-refractivity contribution in [1.29, 1.82) is 0 Å². The highest BCUT2D eigenvalue weighted by molar-refractivity contribution is 6.22. The van der Waals surface area contributed by atoms with Crippen LogP contribution in [0.3, 0.4) is 0 Å². The van der Waals surface area contributed by atoms with Gasteiger partial charge in [0, 0.05) is 33.5 Å². The molecule has 4 nitrogen and oxygen atoms in total. The Bertz CT molecular complexity index is 412. The first-order chi connectivity index (χ1) is 12.4. The number of hydrogen-bond donors (Lipinski definition) is 0. The summed E-state index contributed by atoms with van der Waals surface area (Å²) in [6.45, 7) is 4.15. The number of halogens is 1. The lowest BCUT2D eigenvalue weighted by Crippen LogP contribution is -2.32. The van der Waals surface area contributed by atoms with Crippen molar-refractivity contribution < 1.29 is 14.3 Å². The first kappa shape index (κ1) is 25.1. The highest BCUT2D eigenvalue weighted by Gasteiger charge is 2.14. The fourth-order valence-electron chi connectivity index (χ4n) is 2.85. The van der Waals surface area contributed by atoms with Gasteiger partial charge in [0.15, 0.2) is 0 Å². The highest BCUT2D eigenvalue weighted by Crippen LogP contribution is 2.12. The van der Waals surface area contributed by atoms with Crippen LogP contribution in [0.5, 0.6) is 0 Å². The standard InChI is InChI=1S/C21H38ClNO3/c1-5-6-7-8-10-13-20(26-4)14-11-9-12-15-21(25)23(3)17-19(22)16-18(2)24/h9,11,19-20H,5-8,10,12-17H2,1-4H3/b11-9+. The molecule has 0 saturated heterocycles. The van der Waals surface area contributed by atoms with E-state index >= 15 is 0 Å². The zero-order valence-electron chi connectivity index (χ0n) is 17.1. The second-order valence-corrected chi connectivity index (χ2v) is 7.70. The Hall–Kier alpha value is -0.870. The Morgan fingerprint density at radius 2 is 1.85 bits per heavy atom. The van der Waals surface area contributed by atoms with Crippen molar-refractivity contribution in [2.24, 2.45) is 0 Å². The number of nitrogens with zero attached hydrogens (tertiary/aromatic N) is 1. The molecule has 152 valence electrons. The summed E-state index contributed by atoms with van der Waals surface area (Å²) in [6.07, 6.45) is 14.3. The van der Waals surface area contributed by atoms with Crippen LogP contribution < -0.4 is 0 Å². The minimum absolute atomic E-state index is 0.0480. The third kappa shape index (κ3) is 14.3. The molecule has 0 bridgehead atoms. The molecular weight excluding hydrogens is 350 g/mol. The van der Waals surface area contributed by atoms with Gasteiger partial charge in [-0.3, -0.25) is 9.59 Å². The summed E-state index contributed by atoms with van der Waals surface area (Å²) in [7, 11) is 3.51. The van der Waals surface area contributed by atoms with Crippen LogP contribution >= 0.6 is 11.6 Å². The molecule has 0 saturated carbocycles. The zero-order chi connectivity index (χ0) is 19.8. The molecule has 0 rings (SSSR count). The molecule has 0 fully saturated rings. The Morgan fingerprint density at radius 3 is 2.46 bits per heavy atom. The summed E-state index contributed by atoms with van der Waals surface area (Å²) < 4.78 is 5.53. The van der Waals surface area contributed by atoms with Crippen LogP contribution in [-0.2, 0) is 14.3 Å². The first-order valence-electron chi connectivity index (χ1n) is 9.95. The Balaban J connectivity index is 3.91. The quantitative estimate of drug-likeness (QED) is 0.209. The predicted molar refractivity (Wildman–Crippen MR) is 110 cm³/mol. The number of unbranched alkanes of at least 4 members (excludes halogenated alkanes) is 4. The van der Waals surface area contributed by atoms with E-state index in [4.69, 9.17) is 16.3 Å². The Morgan fingerprint density at radius 1 is 1.15 bits per heavy atom. The van der Waals surface area contributed by atoms with Gasteiger partial charge in [0.1, 0.15) is 5.78 Å². The number of carbonyl (C=O) groups is 2. The number of allylic oxidation sites excluding steroid dienone is 1. The number of hydrogen-bond acceptors (Lipinski definition) is 3. The molecule has 2 atom stereocenters. The van der Waals surface area contributed by atoms with Gasteiger partial charge in [0.05, 0.1) is 11.5 Å². The number of alkyl halides is 1. The molecular formula is C21H38ClNO3. The third-order valence-corrected chi connectivity index (χ3v) is 4.75. The van der Waals surface area contributed by atoms with Crippen LogP contribution in [0.4, 0.5) is 0 Å². The number of Topliss-reactive ketones (excluding diaryl/α,β-unsaturated/α-hetero) is 1. The molecule has 0 aliphatic heterocycles. The van der Waals surface area contributed by atoms with Gasteiger partial charge in [-0.2, -0.15) is 0 Å². The summed E-state index contributed by atoms with van der Waals surface area (Å²) in [5.74, 6) is 0.106. The SMILES string of the molecule is CCCCCCCC(C/C=C/CCC(=O)N(C)CC(Cl)CC(C)=O)OC. The number of ketones is 1. The molecule has 2 unspecified atom stereocenters. The fourth-order valence-corrected chi connectivity index (χ4v) is 3.27. The lowest BCUT2D eigenvalue weighted by molar-refractivity contribution is -0.130. The summed E-state index contributed by atoms with van der Waals surface area (Å²) >= 11 is 6.08. The van der Waals surface area contributed by atoms with Crippen molar-refractivity contribution in [3.8, 4) is 0 Å². The predicted octanol–water partition coefficient (Wildman–Crippen LogP) is 5.13. The van der Waals surface area contributed by atoms with Gasteiger partial charge in [-0.05, 0) is 26.2 Å². The molecule has 5 heteroatoms. The van der Waals surface area contributed by atoms with E-state index in [-0.39, 0.29) is 23.2 Å². The van der Waals surface area contributed by atoms with E-state index in [0.29, 0.717) is 19.4 Å². The lowest BCUT2D eigenvalue weighted by Gasteiger charge is -2.19. The van der Waals surface area contributed by atoms with Crippen LogP contribution in [-0.4, -0.2) is 48.8 Å². The van der Waals surface area contributed by atoms with E-state index < -0.39 is 0 Å². The van der Waals surface area contributed by atoms with Gasteiger partial charge in [-0.1, -0.05) is 51.2 Å². The van der Waals surface area contributed by atoms with E-state index in [0.717, 1.165) is 19.3 Å². The topological polar surface area (TPSA) is 46.6 Å². The number of carbonyl (C=O) groups excluding carboxylic acids is 2. The average molecular weight is 388 g/mol. The first-order valence-corrected chi connectivity index (χ1v) is 10.4. The van der Waals surface area contributed by atoms with Crippen LogP contribution in [0.2, 0.25) is 0 Å². The molecule has 0 N–H and O–H groups in total. The summed E-state index contributed by atoms with van der Waals surface area (Å²) in [5.41, 5.74) is 0. The second-order valence-electron chi connectivity index (χ2n) is 7.08. The fraction of sp³-hybridized carbons (Fsp3) is 0.810. The molecule has 1 amide bonds. The van der Waals surface area contributed by atoms with Crippen molar-refractivity contribution in [2.75, 3.05) is 20.7 Å². The summed E-state index contributed by atoms with van der Waals surface area (Å²) in [5, 5.41) is -0.309. The maximum Gasteiger partial charge on any atom is 0.222 e. The smallest absolute Gasteiger partial charge is 0.222 e. The molecule has 0 spiro atoms. The monoisotopic (exact) mass is 387 g/mol. The molecule has 0 aliphatic carbocycles. The third-order valence-electron chi connectivity index (χ3n) is 4.46. The summed E-state index contributed by atoms with van der Waals surface area (Å²) in [4.78, 5) is 24.7. The van der Waals surface area contributed by atoms with Gasteiger partial charge in [0.25, 0.3) is 0 Å². The van der Waals surface area contributed by atoms with Crippen molar-refractivity contribution in [3.63, 3.8) is 0 Å². The minimum Gasteiger partial charge on any atom is -0.381 e. The van der Waals surface area contributed by atoms with E-state index in [1.54, 1.807) is 19.1 Å². The second kappa shape index (κ2) is 16.3. The molecule has 0 radical (unpaired) electrons. The highest BCUT2D eigenvalue weighted by atomic mass is 35.5. The largest absolute Gasteiger partial charge is 0.381 e. The van der Waals surface area contributed by atoms with E-state index in [2.05, 4.69) is 19.1 Å². The number of rotatable bonds is 16.